The summed E-state index contributed by atoms with van der Waals surface area (Å²) in [7, 11) is 0. The number of fused-ring (bicyclic) bond motifs is 4. The molecule has 5 heterocycles. The maximum absolute atomic E-state index is 11.9. The van der Waals surface area contributed by atoms with Gasteiger partial charge in [-0.3, -0.25) is 9.69 Å². The maximum atomic E-state index is 11.9. The van der Waals surface area contributed by atoms with Crippen molar-refractivity contribution in [2.24, 2.45) is 0 Å². The third-order valence-electron chi connectivity index (χ3n) is 6.22. The molecule has 6 rings (SSSR count). The Labute approximate surface area is 169 Å². The predicted octanol–water partition coefficient (Wildman–Crippen LogP) is 1.76. The molecule has 152 valence electrons. The largest absolute Gasteiger partial charge is 0.484 e. The monoisotopic (exact) mass is 395 g/mol. The summed E-state index contributed by atoms with van der Waals surface area (Å²) in [5, 5.41) is 9.18. The van der Waals surface area contributed by atoms with E-state index in [9.17, 15) is 9.90 Å². The molecular formula is C22H25N3O4. The number of nitrogens with zero attached hydrogens (tertiary/aromatic N) is 3. The molecule has 2 bridgehead atoms. The number of benzene rings is 1. The van der Waals surface area contributed by atoms with E-state index in [1.54, 1.807) is 6.20 Å². The van der Waals surface area contributed by atoms with E-state index < -0.39 is 6.61 Å². The molecule has 7 nitrogen and oxygen atoms in total. The molecule has 4 aliphatic rings. The molecule has 0 saturated carbocycles. The van der Waals surface area contributed by atoms with E-state index in [4.69, 9.17) is 9.47 Å². The van der Waals surface area contributed by atoms with Crippen LogP contribution in [0.25, 0.3) is 0 Å². The van der Waals surface area contributed by atoms with Crippen molar-refractivity contribution in [2.75, 3.05) is 26.3 Å². The summed E-state index contributed by atoms with van der Waals surface area (Å²) >= 11 is 0. The molecule has 2 aromatic rings. The van der Waals surface area contributed by atoms with Crippen molar-refractivity contribution in [2.45, 2.75) is 37.6 Å². The molecule has 0 aliphatic carbocycles. The van der Waals surface area contributed by atoms with Gasteiger partial charge in [0.25, 0.3) is 5.88 Å². The summed E-state index contributed by atoms with van der Waals surface area (Å²) in [6.07, 6.45) is 3.68. The molecule has 1 N–H and O–H groups in total. The van der Waals surface area contributed by atoms with Gasteiger partial charge >= 0.3 is 0 Å². The van der Waals surface area contributed by atoms with Crippen LogP contribution in [0.15, 0.2) is 42.6 Å². The van der Waals surface area contributed by atoms with Crippen LogP contribution in [0.3, 0.4) is 0 Å². The zero-order valence-electron chi connectivity index (χ0n) is 16.2. The Kier molecular flexibility index (Phi) is 4.85. The predicted molar refractivity (Wildman–Crippen MR) is 106 cm³/mol. The first-order chi connectivity index (χ1) is 14.2. The molecule has 3 atom stereocenters. The second kappa shape index (κ2) is 7.65. The smallest absolute Gasteiger partial charge is 0.257 e. The van der Waals surface area contributed by atoms with E-state index in [-0.39, 0.29) is 18.1 Å². The van der Waals surface area contributed by atoms with Crippen LogP contribution in [0.1, 0.15) is 30.1 Å². The van der Waals surface area contributed by atoms with Gasteiger partial charge in [-0.2, -0.15) is 0 Å². The minimum Gasteiger partial charge on any atom is -0.484 e. The van der Waals surface area contributed by atoms with Crippen molar-refractivity contribution in [3.63, 3.8) is 0 Å². The van der Waals surface area contributed by atoms with E-state index in [1.807, 2.05) is 17.0 Å². The molecule has 3 fully saturated rings. The van der Waals surface area contributed by atoms with Crippen LogP contribution in [0, 0.1) is 0 Å². The topological polar surface area (TPSA) is 75.1 Å². The summed E-state index contributed by atoms with van der Waals surface area (Å²) in [6, 6.07) is 12.8. The Balaban J connectivity index is 1.23. The standard InChI is InChI=1S/C22H25N3O4/c26-13-21(27)25-12-17-7-8-18(25)11-24(17)10-15-3-5-16(6-4-15)20-14-28-19-2-1-9-23-22(19)29-20/h1-6,9,17-18,20,26H,7-8,10-14H2. The first-order valence-electron chi connectivity index (χ1n) is 10.2. The van der Waals surface area contributed by atoms with Crippen LogP contribution in [0.2, 0.25) is 0 Å². The number of ether oxygens (including phenoxy) is 2. The van der Waals surface area contributed by atoms with Crippen LogP contribution >= 0.6 is 0 Å². The average Bonchev–Trinajstić information content (AvgIpc) is 2.79. The van der Waals surface area contributed by atoms with E-state index >= 15 is 0 Å². The van der Waals surface area contributed by atoms with Gasteiger partial charge in [0.1, 0.15) is 13.2 Å². The number of piperidine rings is 2. The van der Waals surface area contributed by atoms with Crippen molar-refractivity contribution in [3.8, 4) is 11.6 Å². The molecule has 0 radical (unpaired) electrons. The second-order valence-electron chi connectivity index (χ2n) is 7.98. The molecule has 29 heavy (non-hydrogen) atoms. The Morgan fingerprint density at radius 3 is 2.72 bits per heavy atom. The van der Waals surface area contributed by atoms with Gasteiger partial charge in [0, 0.05) is 37.9 Å². The lowest BCUT2D eigenvalue weighted by Crippen LogP contribution is -2.63. The van der Waals surface area contributed by atoms with Gasteiger partial charge in [-0.15, -0.1) is 0 Å². The lowest BCUT2D eigenvalue weighted by molar-refractivity contribution is -0.145. The molecular weight excluding hydrogens is 370 g/mol. The number of amides is 1. The number of carbonyl (C=O) groups excluding carboxylic acids is 1. The fourth-order valence-corrected chi connectivity index (χ4v) is 4.65. The molecule has 7 heteroatoms. The molecule has 1 aromatic carbocycles. The highest BCUT2D eigenvalue weighted by atomic mass is 16.6. The normalized spacial score (nSPS) is 25.8. The molecule has 1 aromatic heterocycles. The fraction of sp³-hybridized carbons (Fsp3) is 0.455. The van der Waals surface area contributed by atoms with Crippen molar-refractivity contribution >= 4 is 5.91 Å². The molecule has 1 amide bonds. The average molecular weight is 395 g/mol. The summed E-state index contributed by atoms with van der Waals surface area (Å²) in [5.74, 6) is 1.09. The fourth-order valence-electron chi connectivity index (χ4n) is 4.65. The quantitative estimate of drug-likeness (QED) is 0.850. The highest BCUT2D eigenvalue weighted by Gasteiger charge is 2.40. The van der Waals surface area contributed by atoms with Gasteiger partial charge in [0.15, 0.2) is 11.9 Å². The lowest BCUT2D eigenvalue weighted by atomic mass is 9.90. The first-order valence-corrected chi connectivity index (χ1v) is 10.2. The minimum atomic E-state index is -0.391. The van der Waals surface area contributed by atoms with Gasteiger partial charge in [-0.25, -0.2) is 4.98 Å². The number of aliphatic hydroxyl groups is 1. The molecule has 3 saturated heterocycles. The Morgan fingerprint density at radius 1 is 1.14 bits per heavy atom. The number of rotatable bonds is 4. The summed E-state index contributed by atoms with van der Waals surface area (Å²) in [5.41, 5.74) is 2.32. The summed E-state index contributed by atoms with van der Waals surface area (Å²) in [4.78, 5) is 20.5. The Bertz CT molecular complexity index is 888. The van der Waals surface area contributed by atoms with Gasteiger partial charge in [0.05, 0.1) is 0 Å². The number of hydrogen-bond acceptors (Lipinski definition) is 6. The number of aromatic nitrogens is 1. The SMILES string of the molecule is O=C(CO)N1CC2CCC1CN2Cc1ccc(C2COc3cccnc3O2)cc1. The maximum Gasteiger partial charge on any atom is 0.257 e. The van der Waals surface area contributed by atoms with Gasteiger partial charge in [-0.05, 0) is 36.1 Å². The van der Waals surface area contributed by atoms with Crippen LogP contribution in [-0.2, 0) is 11.3 Å². The number of hydrogen-bond donors (Lipinski definition) is 1. The highest BCUT2D eigenvalue weighted by Crippen LogP contribution is 2.34. The number of aliphatic hydroxyl groups excluding tert-OH is 1. The van der Waals surface area contributed by atoms with Crippen molar-refractivity contribution < 1.29 is 19.4 Å². The van der Waals surface area contributed by atoms with E-state index in [0.717, 1.165) is 38.0 Å². The van der Waals surface area contributed by atoms with Crippen LogP contribution in [-0.4, -0.2) is 64.2 Å². The van der Waals surface area contributed by atoms with Crippen LogP contribution in [0.4, 0.5) is 0 Å². The third kappa shape index (κ3) is 3.56. The van der Waals surface area contributed by atoms with E-state index in [2.05, 4.69) is 34.1 Å². The van der Waals surface area contributed by atoms with E-state index in [1.165, 1.54) is 5.56 Å². The van der Waals surface area contributed by atoms with Crippen molar-refractivity contribution in [1.29, 1.82) is 0 Å². The number of carbonyl (C=O) groups is 1. The van der Waals surface area contributed by atoms with Gasteiger partial charge in [-0.1, -0.05) is 24.3 Å². The van der Waals surface area contributed by atoms with Crippen molar-refractivity contribution in [3.05, 3.63) is 53.7 Å². The highest BCUT2D eigenvalue weighted by molar-refractivity contribution is 5.77. The second-order valence-corrected chi connectivity index (χ2v) is 7.98. The van der Waals surface area contributed by atoms with Crippen LogP contribution < -0.4 is 9.47 Å². The molecule has 4 aliphatic heterocycles. The van der Waals surface area contributed by atoms with E-state index in [0.29, 0.717) is 24.3 Å². The molecule has 0 spiro atoms. The number of pyridine rings is 1. The van der Waals surface area contributed by atoms with Gasteiger partial charge in [0.2, 0.25) is 5.91 Å². The first kappa shape index (κ1) is 18.4. The number of piperazine rings is 1. The van der Waals surface area contributed by atoms with Gasteiger partial charge < -0.3 is 19.5 Å². The summed E-state index contributed by atoms with van der Waals surface area (Å²) in [6.45, 7) is 2.55. The lowest BCUT2D eigenvalue weighted by Gasteiger charge is -2.51. The minimum absolute atomic E-state index is 0.144. The Morgan fingerprint density at radius 2 is 1.97 bits per heavy atom. The zero-order chi connectivity index (χ0) is 19.8. The zero-order valence-corrected chi connectivity index (χ0v) is 16.2. The summed E-state index contributed by atoms with van der Waals surface area (Å²) < 4.78 is 11.8. The molecule has 3 unspecified atom stereocenters. The Hall–Kier alpha value is -2.64. The van der Waals surface area contributed by atoms with Crippen LogP contribution in [0.5, 0.6) is 11.6 Å². The van der Waals surface area contributed by atoms with Crippen molar-refractivity contribution in [1.82, 2.24) is 14.8 Å². The third-order valence-corrected chi connectivity index (χ3v) is 6.22.